The summed E-state index contributed by atoms with van der Waals surface area (Å²) in [6.45, 7) is 7.97. The average Bonchev–Trinajstić information content (AvgIpc) is 2.81. The Bertz CT molecular complexity index is 969. The van der Waals surface area contributed by atoms with E-state index >= 15 is 0 Å². The summed E-state index contributed by atoms with van der Waals surface area (Å²) in [5.74, 6) is 0. The fourth-order valence-electron chi connectivity index (χ4n) is 2.37. The van der Waals surface area contributed by atoms with Crippen molar-refractivity contribution in [2.45, 2.75) is 50.0 Å². The molecule has 0 radical (unpaired) electrons. The van der Waals surface area contributed by atoms with Crippen molar-refractivity contribution >= 4 is 21.6 Å². The molecule has 2 rings (SSSR count). The number of hydrogen-bond acceptors (Lipinski definition) is 7. The van der Waals surface area contributed by atoms with Crippen LogP contribution >= 0.6 is 0 Å². The zero-order valence-electron chi connectivity index (χ0n) is 15.0. The van der Waals surface area contributed by atoms with Crippen LogP contribution in [0, 0.1) is 24.0 Å². The van der Waals surface area contributed by atoms with Crippen LogP contribution in [0.2, 0.25) is 0 Å². The maximum atomic E-state index is 12.9. The predicted molar refractivity (Wildman–Crippen MR) is 91.9 cm³/mol. The molecule has 0 aliphatic rings. The molecule has 0 aliphatic heterocycles. The summed E-state index contributed by atoms with van der Waals surface area (Å²) in [5.41, 5.74) is -0.746. The molecule has 0 bridgehead atoms. The number of nitro groups is 1. The van der Waals surface area contributed by atoms with Crippen molar-refractivity contribution in [1.82, 2.24) is 9.78 Å². The number of hydrogen-bond donors (Lipinski definition) is 0. The summed E-state index contributed by atoms with van der Waals surface area (Å²) in [6.07, 6.45) is -0.789. The van der Waals surface area contributed by atoms with Crippen LogP contribution in [-0.2, 0) is 14.6 Å². The van der Waals surface area contributed by atoms with Gasteiger partial charge in [0.2, 0.25) is 9.84 Å². The number of nitrogens with zero attached hydrogens (tertiary/aromatic N) is 3. The lowest BCUT2D eigenvalue weighted by Crippen LogP contribution is -2.28. The predicted octanol–water partition coefficient (Wildman–Crippen LogP) is 3.02. The second-order valence-corrected chi connectivity index (χ2v) is 8.53. The van der Waals surface area contributed by atoms with Crippen LogP contribution in [0.25, 0.3) is 0 Å². The number of aryl methyl sites for hydroxylation is 1. The maximum absolute atomic E-state index is 12.9. The van der Waals surface area contributed by atoms with Crippen molar-refractivity contribution in [1.29, 1.82) is 0 Å². The number of carbonyl (C=O) groups is 1. The van der Waals surface area contributed by atoms with E-state index in [-0.39, 0.29) is 26.9 Å². The van der Waals surface area contributed by atoms with E-state index in [0.717, 1.165) is 28.9 Å². The Kier molecular flexibility index (Phi) is 4.91. The minimum absolute atomic E-state index is 0.107. The Morgan fingerprint density at radius 1 is 1.19 bits per heavy atom. The molecule has 9 nitrogen and oxygen atoms in total. The molecule has 0 N–H and O–H groups in total. The molecule has 0 spiro atoms. The molecule has 0 amide bonds. The van der Waals surface area contributed by atoms with Gasteiger partial charge in [0.05, 0.1) is 21.2 Å². The van der Waals surface area contributed by atoms with Crippen LogP contribution in [0.4, 0.5) is 10.5 Å². The van der Waals surface area contributed by atoms with E-state index in [9.17, 15) is 23.3 Å². The van der Waals surface area contributed by atoms with E-state index < -0.39 is 26.5 Å². The number of sulfone groups is 1. The summed E-state index contributed by atoms with van der Waals surface area (Å²) >= 11 is 0. The molecule has 1 heterocycles. The van der Waals surface area contributed by atoms with Crippen molar-refractivity contribution in [2.24, 2.45) is 0 Å². The van der Waals surface area contributed by atoms with Gasteiger partial charge in [0.25, 0.3) is 5.69 Å². The number of ether oxygens (including phenoxy) is 1. The highest BCUT2D eigenvalue weighted by molar-refractivity contribution is 7.91. The van der Waals surface area contributed by atoms with Gasteiger partial charge >= 0.3 is 6.09 Å². The number of benzene rings is 1. The van der Waals surface area contributed by atoms with Crippen LogP contribution in [0.5, 0.6) is 0 Å². The van der Waals surface area contributed by atoms with Crippen LogP contribution in [-0.4, -0.2) is 34.8 Å². The first kappa shape index (κ1) is 19.6. The highest BCUT2D eigenvalue weighted by Crippen LogP contribution is 2.28. The molecule has 0 atom stereocenters. The molecule has 2 aromatic rings. The maximum Gasteiger partial charge on any atom is 0.435 e. The molecular formula is C16H19N3O6S. The molecule has 0 aliphatic carbocycles. The summed E-state index contributed by atoms with van der Waals surface area (Å²) in [7, 11) is -4.01. The standard InChI is InChI=1S/C16H19N3O6S/c1-10-14(11(2)18(17-10)15(20)25-16(3,4)5)26(23,24)13-8-6-12(7-9-13)19(21)22/h6-9H,1-5H3. The molecule has 10 heteroatoms. The van der Waals surface area contributed by atoms with Crippen molar-refractivity contribution in [2.75, 3.05) is 0 Å². The molecule has 1 aromatic heterocycles. The zero-order chi connectivity index (χ0) is 19.9. The van der Waals surface area contributed by atoms with E-state index in [1.807, 2.05) is 0 Å². The summed E-state index contributed by atoms with van der Waals surface area (Å²) < 4.78 is 31.9. The van der Waals surface area contributed by atoms with Gasteiger partial charge in [0.15, 0.2) is 0 Å². The second kappa shape index (κ2) is 6.52. The quantitative estimate of drug-likeness (QED) is 0.591. The first-order chi connectivity index (χ1) is 11.8. The monoisotopic (exact) mass is 381 g/mol. The zero-order valence-corrected chi connectivity index (χ0v) is 15.8. The molecule has 0 fully saturated rings. The molecule has 0 unspecified atom stereocenters. The molecule has 140 valence electrons. The second-order valence-electron chi connectivity index (χ2n) is 6.65. The third kappa shape index (κ3) is 3.74. The molecular weight excluding hydrogens is 362 g/mol. The molecule has 0 saturated heterocycles. The number of non-ortho nitro benzene ring substituents is 1. The van der Waals surface area contributed by atoms with Gasteiger partial charge in [-0.3, -0.25) is 10.1 Å². The van der Waals surface area contributed by atoms with Crippen LogP contribution in [0.15, 0.2) is 34.1 Å². The lowest BCUT2D eigenvalue weighted by molar-refractivity contribution is -0.384. The Morgan fingerprint density at radius 3 is 2.19 bits per heavy atom. The van der Waals surface area contributed by atoms with Crippen molar-refractivity contribution in [3.63, 3.8) is 0 Å². The minimum atomic E-state index is -4.01. The number of carbonyl (C=O) groups excluding carboxylic acids is 1. The van der Waals surface area contributed by atoms with Gasteiger partial charge < -0.3 is 4.74 Å². The first-order valence-electron chi connectivity index (χ1n) is 7.63. The van der Waals surface area contributed by atoms with Crippen LogP contribution in [0.1, 0.15) is 32.2 Å². The smallest absolute Gasteiger partial charge is 0.435 e. The molecule has 1 aromatic carbocycles. The van der Waals surface area contributed by atoms with Crippen LogP contribution < -0.4 is 0 Å². The number of aromatic nitrogens is 2. The van der Waals surface area contributed by atoms with E-state index in [2.05, 4.69) is 5.10 Å². The lowest BCUT2D eigenvalue weighted by Gasteiger charge is -2.19. The SMILES string of the molecule is Cc1nn(C(=O)OC(C)(C)C)c(C)c1S(=O)(=O)c1ccc([N+](=O)[O-])cc1. The number of nitro benzene ring substituents is 1. The Labute approximate surface area is 150 Å². The molecule has 0 saturated carbocycles. The highest BCUT2D eigenvalue weighted by atomic mass is 32.2. The van der Waals surface area contributed by atoms with Crippen molar-refractivity contribution < 1.29 is 22.9 Å². The highest BCUT2D eigenvalue weighted by Gasteiger charge is 2.30. The summed E-state index contributed by atoms with van der Waals surface area (Å²) in [5, 5.41) is 14.7. The Morgan fingerprint density at radius 2 is 1.73 bits per heavy atom. The van der Waals surface area contributed by atoms with Crippen molar-refractivity contribution in [3.05, 3.63) is 45.8 Å². The third-order valence-corrected chi connectivity index (χ3v) is 5.44. The van der Waals surface area contributed by atoms with Gasteiger partial charge in [-0.05, 0) is 46.8 Å². The Balaban J connectivity index is 2.51. The summed E-state index contributed by atoms with van der Waals surface area (Å²) in [4.78, 5) is 22.1. The first-order valence-corrected chi connectivity index (χ1v) is 9.12. The fourth-order valence-corrected chi connectivity index (χ4v) is 4.00. The Hall–Kier alpha value is -2.75. The van der Waals surface area contributed by atoms with E-state index in [4.69, 9.17) is 4.74 Å². The average molecular weight is 381 g/mol. The van der Waals surface area contributed by atoms with E-state index in [1.54, 1.807) is 20.8 Å². The van der Waals surface area contributed by atoms with Gasteiger partial charge in [-0.15, -0.1) is 0 Å². The third-order valence-electron chi connectivity index (χ3n) is 3.42. The topological polar surface area (TPSA) is 121 Å². The minimum Gasteiger partial charge on any atom is -0.442 e. The van der Waals surface area contributed by atoms with E-state index in [0.29, 0.717) is 0 Å². The van der Waals surface area contributed by atoms with Gasteiger partial charge in [0, 0.05) is 12.1 Å². The molecule has 26 heavy (non-hydrogen) atoms. The summed E-state index contributed by atoms with van der Waals surface area (Å²) in [6, 6.07) is 4.51. The number of rotatable bonds is 3. The van der Waals surface area contributed by atoms with Gasteiger partial charge in [-0.2, -0.15) is 9.78 Å². The van der Waals surface area contributed by atoms with Gasteiger partial charge in [0.1, 0.15) is 10.5 Å². The largest absolute Gasteiger partial charge is 0.442 e. The van der Waals surface area contributed by atoms with Gasteiger partial charge in [-0.25, -0.2) is 13.2 Å². The van der Waals surface area contributed by atoms with Crippen LogP contribution in [0.3, 0.4) is 0 Å². The van der Waals surface area contributed by atoms with Gasteiger partial charge in [-0.1, -0.05) is 0 Å². The fraction of sp³-hybridized carbons (Fsp3) is 0.375. The lowest BCUT2D eigenvalue weighted by atomic mass is 10.2. The van der Waals surface area contributed by atoms with Crippen molar-refractivity contribution in [3.8, 4) is 0 Å². The normalized spacial score (nSPS) is 12.0. The van der Waals surface area contributed by atoms with E-state index in [1.165, 1.54) is 13.8 Å².